The molecule has 5 aliphatic rings. The topological polar surface area (TPSA) is 128 Å². The molecule has 0 spiro atoms. The molecule has 3 aliphatic heterocycles. The zero-order valence-electron chi connectivity index (χ0n) is 17.5. The Kier molecular flexibility index (Phi) is 4.72. The summed E-state index contributed by atoms with van der Waals surface area (Å²) >= 11 is 0. The van der Waals surface area contributed by atoms with E-state index >= 15 is 0 Å². The van der Waals surface area contributed by atoms with E-state index in [0.29, 0.717) is 49.6 Å². The molecule has 4 heterocycles. The van der Waals surface area contributed by atoms with Crippen molar-refractivity contribution in [3.05, 3.63) is 17.5 Å². The van der Waals surface area contributed by atoms with Crippen LogP contribution >= 0.6 is 0 Å². The SMILES string of the molecule is NC1CC2C(C1)C2CS(=O)(=O)N1[C@@H]2CC[C@H]1CC(NC(=O)c1cc(C3COC3)on1)C2. The minimum absolute atomic E-state index is 0.0186. The Morgan fingerprint density at radius 3 is 2.45 bits per heavy atom. The quantitative estimate of drug-likeness (QED) is 0.657. The predicted molar refractivity (Wildman–Crippen MR) is 111 cm³/mol. The molecule has 2 bridgehead atoms. The number of aromatic nitrogens is 1. The van der Waals surface area contributed by atoms with Crippen LogP contribution in [0.15, 0.2) is 10.6 Å². The molecule has 170 valence electrons. The van der Waals surface area contributed by atoms with Gasteiger partial charge in [-0.2, -0.15) is 4.31 Å². The molecule has 10 heteroatoms. The molecule has 31 heavy (non-hydrogen) atoms. The number of nitrogens with zero attached hydrogens (tertiary/aromatic N) is 2. The van der Waals surface area contributed by atoms with Crippen LogP contribution in [0, 0.1) is 17.8 Å². The lowest BCUT2D eigenvalue weighted by molar-refractivity contribution is -0.00228. The molecule has 1 aromatic heterocycles. The van der Waals surface area contributed by atoms with Gasteiger partial charge in [-0.05, 0) is 56.3 Å². The number of hydrogen-bond acceptors (Lipinski definition) is 7. The fourth-order valence-electron chi connectivity index (χ4n) is 6.55. The molecule has 0 aromatic carbocycles. The van der Waals surface area contributed by atoms with E-state index in [0.717, 1.165) is 25.7 Å². The van der Waals surface area contributed by atoms with Gasteiger partial charge in [0.05, 0.1) is 24.9 Å². The zero-order valence-corrected chi connectivity index (χ0v) is 18.3. The summed E-state index contributed by atoms with van der Waals surface area (Å²) in [7, 11) is -3.28. The summed E-state index contributed by atoms with van der Waals surface area (Å²) < 4.78 is 38.7. The van der Waals surface area contributed by atoms with Gasteiger partial charge in [0.15, 0.2) is 5.69 Å². The number of nitrogens with one attached hydrogen (secondary N) is 1. The Morgan fingerprint density at radius 1 is 1.16 bits per heavy atom. The summed E-state index contributed by atoms with van der Waals surface area (Å²) in [5.74, 6) is 2.20. The Labute approximate surface area is 182 Å². The van der Waals surface area contributed by atoms with E-state index in [1.807, 2.05) is 0 Å². The van der Waals surface area contributed by atoms with E-state index in [2.05, 4.69) is 10.5 Å². The molecule has 3 unspecified atom stereocenters. The number of carbonyl (C=O) groups is 1. The largest absolute Gasteiger partial charge is 0.380 e. The molecule has 5 atom stereocenters. The average molecular weight is 451 g/mol. The van der Waals surface area contributed by atoms with Crippen molar-refractivity contribution in [2.45, 2.75) is 68.6 Å². The van der Waals surface area contributed by atoms with Crippen molar-refractivity contribution in [3.63, 3.8) is 0 Å². The van der Waals surface area contributed by atoms with Crippen LogP contribution in [-0.4, -0.2) is 66.9 Å². The lowest BCUT2D eigenvalue weighted by atomic mass is 9.99. The number of rotatable bonds is 6. The minimum atomic E-state index is -3.28. The summed E-state index contributed by atoms with van der Waals surface area (Å²) in [6.45, 7) is 1.20. The molecule has 9 nitrogen and oxygen atoms in total. The van der Waals surface area contributed by atoms with Crippen LogP contribution in [0.5, 0.6) is 0 Å². The first-order valence-electron chi connectivity index (χ1n) is 11.5. The number of fused-ring (bicyclic) bond motifs is 3. The fourth-order valence-corrected chi connectivity index (χ4v) is 8.99. The molecule has 6 rings (SSSR count). The number of sulfonamides is 1. The molecule has 1 aromatic rings. The van der Waals surface area contributed by atoms with Crippen molar-refractivity contribution in [1.29, 1.82) is 0 Å². The van der Waals surface area contributed by atoms with Gasteiger partial charge in [-0.1, -0.05) is 5.16 Å². The second-order valence-electron chi connectivity index (χ2n) is 10.2. The smallest absolute Gasteiger partial charge is 0.273 e. The monoisotopic (exact) mass is 450 g/mol. The highest BCUT2D eigenvalue weighted by atomic mass is 32.2. The second-order valence-corrected chi connectivity index (χ2v) is 12.1. The van der Waals surface area contributed by atoms with Crippen LogP contribution in [0.1, 0.15) is 60.7 Å². The lowest BCUT2D eigenvalue weighted by Crippen LogP contribution is -2.53. The molecule has 3 saturated heterocycles. The van der Waals surface area contributed by atoms with Crippen molar-refractivity contribution in [1.82, 2.24) is 14.8 Å². The number of nitrogens with two attached hydrogens (primary N) is 1. The Balaban J connectivity index is 1.07. The molecule has 0 radical (unpaired) electrons. The zero-order chi connectivity index (χ0) is 21.3. The maximum absolute atomic E-state index is 13.2. The van der Waals surface area contributed by atoms with Gasteiger partial charge in [-0.15, -0.1) is 0 Å². The second kappa shape index (κ2) is 7.26. The van der Waals surface area contributed by atoms with Crippen LogP contribution in [0.4, 0.5) is 0 Å². The van der Waals surface area contributed by atoms with Gasteiger partial charge in [0.1, 0.15) is 5.76 Å². The molecule has 3 N–H and O–H groups in total. The highest BCUT2D eigenvalue weighted by molar-refractivity contribution is 7.89. The Bertz CT molecular complexity index is 950. The van der Waals surface area contributed by atoms with Crippen molar-refractivity contribution in [2.24, 2.45) is 23.5 Å². The van der Waals surface area contributed by atoms with E-state index in [-0.39, 0.29) is 47.4 Å². The van der Waals surface area contributed by atoms with Crippen LogP contribution in [0.25, 0.3) is 0 Å². The first-order valence-corrected chi connectivity index (χ1v) is 13.1. The van der Waals surface area contributed by atoms with Gasteiger partial charge >= 0.3 is 0 Å². The maximum atomic E-state index is 13.2. The van der Waals surface area contributed by atoms with Gasteiger partial charge in [0.2, 0.25) is 10.0 Å². The van der Waals surface area contributed by atoms with E-state index in [1.165, 1.54) is 0 Å². The van der Waals surface area contributed by atoms with Gasteiger partial charge in [-0.3, -0.25) is 4.79 Å². The van der Waals surface area contributed by atoms with Crippen molar-refractivity contribution >= 4 is 15.9 Å². The van der Waals surface area contributed by atoms with Crippen LogP contribution in [-0.2, 0) is 14.8 Å². The molecule has 1 amide bonds. The number of ether oxygens (including phenoxy) is 1. The fraction of sp³-hybridized carbons (Fsp3) is 0.810. The van der Waals surface area contributed by atoms with E-state index in [9.17, 15) is 13.2 Å². The number of hydrogen-bond donors (Lipinski definition) is 2. The minimum Gasteiger partial charge on any atom is -0.380 e. The maximum Gasteiger partial charge on any atom is 0.273 e. The third-order valence-electron chi connectivity index (χ3n) is 8.19. The molecule has 2 saturated carbocycles. The summed E-state index contributed by atoms with van der Waals surface area (Å²) in [5, 5.41) is 6.97. The first kappa shape index (κ1) is 20.1. The predicted octanol–water partition coefficient (Wildman–Crippen LogP) is 0.827. The third-order valence-corrected chi connectivity index (χ3v) is 10.2. The third kappa shape index (κ3) is 3.51. The van der Waals surface area contributed by atoms with Crippen LogP contribution in [0.2, 0.25) is 0 Å². The van der Waals surface area contributed by atoms with Crippen molar-refractivity contribution in [2.75, 3.05) is 19.0 Å². The summed E-state index contributed by atoms with van der Waals surface area (Å²) in [6, 6.07) is 1.87. The lowest BCUT2D eigenvalue weighted by Gasteiger charge is -2.38. The van der Waals surface area contributed by atoms with E-state index < -0.39 is 10.0 Å². The van der Waals surface area contributed by atoms with Crippen molar-refractivity contribution in [3.8, 4) is 0 Å². The molecule has 2 aliphatic carbocycles. The van der Waals surface area contributed by atoms with Crippen molar-refractivity contribution < 1.29 is 22.5 Å². The highest BCUT2D eigenvalue weighted by Gasteiger charge is 2.58. The van der Waals surface area contributed by atoms with Gasteiger partial charge in [0, 0.05) is 30.2 Å². The molecular formula is C21H30N4O5S. The summed E-state index contributed by atoms with van der Waals surface area (Å²) in [5.41, 5.74) is 6.27. The summed E-state index contributed by atoms with van der Waals surface area (Å²) in [4.78, 5) is 12.7. The van der Waals surface area contributed by atoms with Crippen LogP contribution < -0.4 is 11.1 Å². The van der Waals surface area contributed by atoms with Gasteiger partial charge in [0.25, 0.3) is 5.91 Å². The average Bonchev–Trinajstić information content (AvgIpc) is 3.08. The Hall–Kier alpha value is -1.49. The standard InChI is InChI=1S/C21H30N4O5S/c22-12-3-16-17(4-12)18(16)10-31(27,28)25-14-1-2-15(25)6-13(5-14)23-21(26)19-7-20(30-24-19)11-8-29-9-11/h7,11-18H,1-6,8-10,22H2,(H,23,26)/t12?,13?,14-,15+,16?,17?,18?. The summed E-state index contributed by atoms with van der Waals surface area (Å²) in [6.07, 6.45) is 5.01. The molecular weight excluding hydrogens is 420 g/mol. The Morgan fingerprint density at radius 2 is 1.84 bits per heavy atom. The van der Waals surface area contributed by atoms with Gasteiger partial charge < -0.3 is 20.3 Å². The van der Waals surface area contributed by atoms with E-state index in [1.54, 1.807) is 10.4 Å². The first-order chi connectivity index (χ1) is 14.9. The highest BCUT2D eigenvalue weighted by Crippen LogP contribution is 2.58. The van der Waals surface area contributed by atoms with Gasteiger partial charge in [-0.25, -0.2) is 8.42 Å². The normalized spacial score (nSPS) is 39.8. The molecule has 5 fully saturated rings. The number of carbonyl (C=O) groups excluding carboxylic acids is 1. The number of amides is 1. The number of piperidine rings is 1. The van der Waals surface area contributed by atoms with E-state index in [4.69, 9.17) is 15.0 Å². The van der Waals surface area contributed by atoms with Crippen LogP contribution in [0.3, 0.4) is 0 Å².